The van der Waals surface area contributed by atoms with Crippen LogP contribution in [-0.4, -0.2) is 42.0 Å². The highest BCUT2D eigenvalue weighted by molar-refractivity contribution is 7.90. The topological polar surface area (TPSA) is 103 Å². The number of thiazole rings is 1. The van der Waals surface area contributed by atoms with Gasteiger partial charge in [0.2, 0.25) is 11.0 Å². The molecule has 0 aliphatic carbocycles. The number of fused-ring (bicyclic) bond motifs is 1. The van der Waals surface area contributed by atoms with Gasteiger partial charge in [-0.2, -0.15) is 9.78 Å². The first-order valence-electron chi connectivity index (χ1n) is 9.93. The molecule has 0 atom stereocenters. The lowest BCUT2D eigenvalue weighted by atomic mass is 10.1. The Kier molecular flexibility index (Phi) is 5.98. The quantitative estimate of drug-likeness (QED) is 0.441. The lowest BCUT2D eigenvalue weighted by Gasteiger charge is -2.07. The van der Waals surface area contributed by atoms with Crippen molar-refractivity contribution in [2.45, 2.75) is 25.2 Å². The third-order valence-electron chi connectivity index (χ3n) is 4.67. The van der Waals surface area contributed by atoms with Gasteiger partial charge in [0.25, 0.3) is 0 Å². The molecule has 0 bridgehead atoms. The average molecular weight is 471 g/mol. The van der Waals surface area contributed by atoms with E-state index in [4.69, 9.17) is 4.74 Å². The highest BCUT2D eigenvalue weighted by Crippen LogP contribution is 2.32. The summed E-state index contributed by atoms with van der Waals surface area (Å²) in [6, 6.07) is 13.8. The molecule has 8 nitrogen and oxygen atoms in total. The second-order valence-corrected chi connectivity index (χ2v) is 10.3. The van der Waals surface area contributed by atoms with Gasteiger partial charge < -0.3 is 10.1 Å². The second-order valence-electron chi connectivity index (χ2n) is 7.26. The van der Waals surface area contributed by atoms with E-state index in [9.17, 15) is 13.2 Å². The normalized spacial score (nSPS) is 11.6. The van der Waals surface area contributed by atoms with Gasteiger partial charge >= 0.3 is 0 Å². The molecule has 4 rings (SSSR count). The Morgan fingerprint density at radius 1 is 1.19 bits per heavy atom. The van der Waals surface area contributed by atoms with Crippen molar-refractivity contribution in [3.05, 3.63) is 59.8 Å². The molecule has 1 amide bonds. The number of anilines is 1. The average Bonchev–Trinajstić information content (AvgIpc) is 3.31. The predicted octanol–water partition coefficient (Wildman–Crippen LogP) is 3.77. The Morgan fingerprint density at radius 2 is 1.94 bits per heavy atom. The number of nitrogens with zero attached hydrogens (tertiary/aromatic N) is 3. The zero-order valence-electron chi connectivity index (χ0n) is 17.8. The summed E-state index contributed by atoms with van der Waals surface area (Å²) in [6.45, 7) is 4.31. The lowest BCUT2D eigenvalue weighted by molar-refractivity contribution is -0.115. The highest BCUT2D eigenvalue weighted by Gasteiger charge is 2.17. The summed E-state index contributed by atoms with van der Waals surface area (Å²) in [6.07, 6.45) is 1.25. The number of nitrogens with one attached hydrogen (secondary N) is 1. The molecule has 0 saturated carbocycles. The maximum atomic E-state index is 12.7. The van der Waals surface area contributed by atoms with E-state index in [0.29, 0.717) is 28.9 Å². The van der Waals surface area contributed by atoms with Gasteiger partial charge in [-0.25, -0.2) is 13.4 Å². The van der Waals surface area contributed by atoms with Crippen molar-refractivity contribution < 1.29 is 17.9 Å². The smallest absolute Gasteiger partial charge is 0.229 e. The molecule has 0 unspecified atom stereocenters. The van der Waals surface area contributed by atoms with Gasteiger partial charge in [0.1, 0.15) is 17.1 Å². The van der Waals surface area contributed by atoms with Crippen LogP contribution in [0.15, 0.2) is 53.4 Å². The molecule has 0 aliphatic heterocycles. The van der Waals surface area contributed by atoms with Crippen molar-refractivity contribution in [1.82, 2.24) is 14.8 Å². The summed E-state index contributed by atoms with van der Waals surface area (Å²) >= 11 is 1.45. The summed E-state index contributed by atoms with van der Waals surface area (Å²) < 4.78 is 31.4. The van der Waals surface area contributed by atoms with Crippen LogP contribution in [0.5, 0.6) is 5.75 Å². The van der Waals surface area contributed by atoms with Crippen molar-refractivity contribution in [2.75, 3.05) is 18.2 Å². The van der Waals surface area contributed by atoms with Crippen molar-refractivity contribution in [2.24, 2.45) is 0 Å². The van der Waals surface area contributed by atoms with E-state index in [1.54, 1.807) is 22.9 Å². The first-order chi connectivity index (χ1) is 15.2. The Hall–Kier alpha value is -3.24. The van der Waals surface area contributed by atoms with E-state index in [1.165, 1.54) is 23.5 Å². The minimum Gasteiger partial charge on any atom is -0.492 e. The van der Waals surface area contributed by atoms with Gasteiger partial charge in [-0.05, 0) is 43.7 Å². The van der Waals surface area contributed by atoms with E-state index in [2.05, 4.69) is 15.4 Å². The number of aryl methyl sites for hydroxylation is 1. The molecule has 10 heteroatoms. The minimum absolute atomic E-state index is 0.0998. The molecule has 0 saturated heterocycles. The molecule has 2 aromatic heterocycles. The van der Waals surface area contributed by atoms with E-state index in [0.717, 1.165) is 22.2 Å². The Labute approximate surface area is 189 Å². The third kappa shape index (κ3) is 4.66. The molecule has 2 aromatic carbocycles. The van der Waals surface area contributed by atoms with Crippen LogP contribution in [-0.2, 0) is 21.1 Å². The number of carbonyl (C=O) groups excluding carboxylic acids is 1. The number of carbonyl (C=O) groups is 1. The van der Waals surface area contributed by atoms with Crippen molar-refractivity contribution in [3.63, 3.8) is 0 Å². The third-order valence-corrected chi connectivity index (χ3v) is 6.79. The molecule has 0 spiro atoms. The summed E-state index contributed by atoms with van der Waals surface area (Å²) in [5.41, 5.74) is 2.20. The molecular weight excluding hydrogens is 448 g/mol. The van der Waals surface area contributed by atoms with Crippen LogP contribution in [0.2, 0.25) is 0 Å². The van der Waals surface area contributed by atoms with E-state index in [-0.39, 0.29) is 17.2 Å². The summed E-state index contributed by atoms with van der Waals surface area (Å²) in [5, 5.41) is 8.00. The number of rotatable bonds is 7. The van der Waals surface area contributed by atoms with Gasteiger partial charge in [0, 0.05) is 12.3 Å². The summed E-state index contributed by atoms with van der Waals surface area (Å²) in [5.74, 6) is 0.978. The number of hydrogen-bond donors (Lipinski definition) is 1. The van der Waals surface area contributed by atoms with Gasteiger partial charge in [-0.15, -0.1) is 0 Å². The second kappa shape index (κ2) is 8.71. The predicted molar refractivity (Wildman–Crippen MR) is 125 cm³/mol. The molecule has 0 radical (unpaired) electrons. The van der Waals surface area contributed by atoms with Crippen LogP contribution in [0.3, 0.4) is 0 Å². The number of aromatic nitrogens is 3. The molecular formula is C22H22N4O4S2. The molecule has 4 aromatic rings. The van der Waals surface area contributed by atoms with Gasteiger partial charge in [0.05, 0.1) is 28.3 Å². The molecule has 0 aliphatic rings. The zero-order chi connectivity index (χ0) is 22.9. The number of benzene rings is 2. The van der Waals surface area contributed by atoms with Gasteiger partial charge in [0.15, 0.2) is 9.84 Å². The largest absolute Gasteiger partial charge is 0.492 e. The number of sulfone groups is 1. The van der Waals surface area contributed by atoms with Crippen molar-refractivity contribution in [1.29, 1.82) is 0 Å². The molecule has 0 fully saturated rings. The van der Waals surface area contributed by atoms with Crippen LogP contribution < -0.4 is 10.1 Å². The molecule has 2 heterocycles. The number of hydrogen-bond acceptors (Lipinski definition) is 7. The standard InChI is InChI=1S/C22H22N4O4S2/c1-4-30-17-6-5-7-18-21(17)24-22(31-18)26-19(12-14(2)25-26)23-20(27)13-15-8-10-16(11-9-15)32(3,28)29/h5-12H,4,13H2,1-3H3,(H,23,27). The number of para-hydroxylation sites is 1. The van der Waals surface area contributed by atoms with Crippen LogP contribution in [0.1, 0.15) is 18.2 Å². The maximum Gasteiger partial charge on any atom is 0.229 e. The van der Waals surface area contributed by atoms with Crippen LogP contribution in [0.25, 0.3) is 15.3 Å². The lowest BCUT2D eigenvalue weighted by Crippen LogP contribution is -2.17. The molecule has 1 N–H and O–H groups in total. The SMILES string of the molecule is CCOc1cccc2sc(-n3nc(C)cc3NC(=O)Cc3ccc(S(C)(=O)=O)cc3)nc12. The van der Waals surface area contributed by atoms with Crippen molar-refractivity contribution in [3.8, 4) is 10.9 Å². The van der Waals surface area contributed by atoms with E-state index in [1.807, 2.05) is 32.0 Å². The minimum atomic E-state index is -3.28. The zero-order valence-corrected chi connectivity index (χ0v) is 19.5. The summed E-state index contributed by atoms with van der Waals surface area (Å²) in [7, 11) is -3.28. The van der Waals surface area contributed by atoms with Crippen molar-refractivity contribution >= 4 is 43.1 Å². The first kappa shape index (κ1) is 22.0. The monoisotopic (exact) mass is 470 g/mol. The molecule has 32 heavy (non-hydrogen) atoms. The number of amides is 1. The van der Waals surface area contributed by atoms with Gasteiger partial charge in [-0.1, -0.05) is 29.5 Å². The van der Waals surface area contributed by atoms with Crippen LogP contribution in [0.4, 0.5) is 5.82 Å². The Morgan fingerprint density at radius 3 is 2.62 bits per heavy atom. The first-order valence-corrected chi connectivity index (χ1v) is 12.6. The maximum absolute atomic E-state index is 12.7. The number of ether oxygens (including phenoxy) is 1. The van der Waals surface area contributed by atoms with E-state index >= 15 is 0 Å². The summed E-state index contributed by atoms with van der Waals surface area (Å²) in [4.78, 5) is 17.6. The van der Waals surface area contributed by atoms with Gasteiger partial charge in [-0.3, -0.25) is 4.79 Å². The highest BCUT2D eigenvalue weighted by atomic mass is 32.2. The Bertz CT molecular complexity index is 1390. The Balaban J connectivity index is 1.57. The fourth-order valence-electron chi connectivity index (χ4n) is 3.24. The fraction of sp³-hybridized carbons (Fsp3) is 0.227. The fourth-order valence-corrected chi connectivity index (χ4v) is 4.81. The molecule has 166 valence electrons. The van der Waals surface area contributed by atoms with Crippen LogP contribution in [0, 0.1) is 6.92 Å². The van der Waals surface area contributed by atoms with E-state index < -0.39 is 9.84 Å². The van der Waals surface area contributed by atoms with Crippen LogP contribution >= 0.6 is 11.3 Å².